The standard InChI is InChI=1S/C28H26BrN3O5/c1-17-6-4-8-19(10-17)16-37-26-22(29)12-20(14-24(26)36-3)13-23-27(34)32(28(35)31-23)15-25(33)30-21-9-5-7-18(2)11-21/h4-14H,15-16H2,1-3H3,(H,30,33)(H,31,35)/b23-13+. The lowest BCUT2D eigenvalue weighted by atomic mass is 10.1. The predicted molar refractivity (Wildman–Crippen MR) is 144 cm³/mol. The molecule has 0 radical (unpaired) electrons. The molecule has 1 saturated heterocycles. The quantitative estimate of drug-likeness (QED) is 0.290. The highest BCUT2D eigenvalue weighted by molar-refractivity contribution is 9.10. The van der Waals surface area contributed by atoms with E-state index in [0.29, 0.717) is 33.8 Å². The van der Waals surface area contributed by atoms with E-state index < -0.39 is 24.4 Å². The number of hydrogen-bond acceptors (Lipinski definition) is 5. The van der Waals surface area contributed by atoms with Crippen LogP contribution >= 0.6 is 15.9 Å². The van der Waals surface area contributed by atoms with Crippen molar-refractivity contribution in [1.82, 2.24) is 10.2 Å². The molecule has 4 rings (SSSR count). The van der Waals surface area contributed by atoms with Gasteiger partial charge in [-0.05, 0) is 76.8 Å². The van der Waals surface area contributed by atoms with Crippen LogP contribution in [0, 0.1) is 13.8 Å². The lowest BCUT2D eigenvalue weighted by molar-refractivity contribution is -0.127. The Labute approximate surface area is 223 Å². The molecule has 0 spiro atoms. The first kappa shape index (κ1) is 26.0. The molecule has 3 aromatic carbocycles. The smallest absolute Gasteiger partial charge is 0.329 e. The van der Waals surface area contributed by atoms with Crippen LogP contribution in [0.5, 0.6) is 11.5 Å². The number of methoxy groups -OCH3 is 1. The second-order valence-corrected chi connectivity index (χ2v) is 9.46. The van der Waals surface area contributed by atoms with Crippen LogP contribution in [-0.2, 0) is 16.2 Å². The van der Waals surface area contributed by atoms with Crippen LogP contribution < -0.4 is 20.1 Å². The van der Waals surface area contributed by atoms with Crippen molar-refractivity contribution in [2.24, 2.45) is 0 Å². The third kappa shape index (κ3) is 6.37. The van der Waals surface area contributed by atoms with Gasteiger partial charge in [0.05, 0.1) is 11.6 Å². The van der Waals surface area contributed by atoms with Gasteiger partial charge in [-0.3, -0.25) is 9.59 Å². The van der Waals surface area contributed by atoms with Gasteiger partial charge in [0.25, 0.3) is 5.91 Å². The largest absolute Gasteiger partial charge is 0.493 e. The van der Waals surface area contributed by atoms with E-state index in [1.807, 2.05) is 50.2 Å². The molecule has 1 heterocycles. The van der Waals surface area contributed by atoms with Crippen LogP contribution in [0.1, 0.15) is 22.3 Å². The summed E-state index contributed by atoms with van der Waals surface area (Å²) in [4.78, 5) is 38.6. The molecule has 0 saturated carbocycles. The Bertz CT molecular complexity index is 1400. The fourth-order valence-corrected chi connectivity index (χ4v) is 4.44. The van der Waals surface area contributed by atoms with Crippen LogP contribution in [0.25, 0.3) is 6.08 Å². The van der Waals surface area contributed by atoms with Gasteiger partial charge in [0.15, 0.2) is 11.5 Å². The molecule has 0 atom stereocenters. The third-order valence-electron chi connectivity index (χ3n) is 5.59. The second kappa shape index (κ2) is 11.3. The fourth-order valence-electron chi connectivity index (χ4n) is 3.87. The zero-order valence-electron chi connectivity index (χ0n) is 20.6. The van der Waals surface area contributed by atoms with Crippen molar-refractivity contribution in [2.75, 3.05) is 19.0 Å². The van der Waals surface area contributed by atoms with Crippen LogP contribution in [0.2, 0.25) is 0 Å². The Kier molecular flexibility index (Phi) is 7.93. The van der Waals surface area contributed by atoms with Crippen molar-refractivity contribution in [3.63, 3.8) is 0 Å². The number of imide groups is 1. The van der Waals surface area contributed by atoms with Gasteiger partial charge in [0.2, 0.25) is 5.91 Å². The Hall–Kier alpha value is -4.11. The van der Waals surface area contributed by atoms with Crippen molar-refractivity contribution in [3.8, 4) is 11.5 Å². The van der Waals surface area contributed by atoms with Gasteiger partial charge in [0.1, 0.15) is 18.8 Å². The summed E-state index contributed by atoms with van der Waals surface area (Å²) in [6.07, 6.45) is 1.52. The Morgan fingerprint density at radius 2 is 1.78 bits per heavy atom. The summed E-state index contributed by atoms with van der Waals surface area (Å²) in [6, 6.07) is 18.1. The minimum absolute atomic E-state index is 0.0516. The molecule has 37 heavy (non-hydrogen) atoms. The molecule has 1 aliphatic heterocycles. The highest BCUT2D eigenvalue weighted by atomic mass is 79.9. The average molecular weight is 564 g/mol. The van der Waals surface area contributed by atoms with Crippen molar-refractivity contribution < 1.29 is 23.9 Å². The Morgan fingerprint density at radius 3 is 2.49 bits per heavy atom. The molecule has 0 unspecified atom stereocenters. The number of carbonyl (C=O) groups excluding carboxylic acids is 3. The van der Waals surface area contributed by atoms with E-state index in [1.165, 1.54) is 13.2 Å². The highest BCUT2D eigenvalue weighted by Crippen LogP contribution is 2.38. The minimum Gasteiger partial charge on any atom is -0.493 e. The first-order valence-corrected chi connectivity index (χ1v) is 12.3. The van der Waals surface area contributed by atoms with Gasteiger partial charge in [-0.1, -0.05) is 42.0 Å². The summed E-state index contributed by atoms with van der Waals surface area (Å²) in [5, 5.41) is 5.24. The minimum atomic E-state index is -0.667. The highest BCUT2D eigenvalue weighted by Gasteiger charge is 2.35. The summed E-state index contributed by atoms with van der Waals surface area (Å²) in [5.41, 5.74) is 4.38. The number of benzene rings is 3. The van der Waals surface area contributed by atoms with E-state index in [-0.39, 0.29) is 5.70 Å². The van der Waals surface area contributed by atoms with Crippen molar-refractivity contribution >= 4 is 45.5 Å². The molecule has 1 fully saturated rings. The SMILES string of the molecule is COc1cc(/C=C2/NC(=O)N(CC(=O)Nc3cccc(C)c3)C2=O)cc(Br)c1OCc1cccc(C)c1. The molecule has 2 N–H and O–H groups in total. The number of carbonyl (C=O) groups is 3. The maximum Gasteiger partial charge on any atom is 0.329 e. The summed E-state index contributed by atoms with van der Waals surface area (Å²) < 4.78 is 12.1. The van der Waals surface area contributed by atoms with Crippen LogP contribution in [0.4, 0.5) is 10.5 Å². The number of rotatable bonds is 8. The number of nitrogens with zero attached hydrogens (tertiary/aromatic N) is 1. The maximum absolute atomic E-state index is 12.9. The Morgan fingerprint density at radius 1 is 1.05 bits per heavy atom. The average Bonchev–Trinajstić information content (AvgIpc) is 3.10. The van der Waals surface area contributed by atoms with E-state index in [2.05, 4.69) is 26.6 Å². The van der Waals surface area contributed by atoms with Gasteiger partial charge in [0, 0.05) is 5.69 Å². The first-order chi connectivity index (χ1) is 17.7. The molecule has 4 amide bonds. The topological polar surface area (TPSA) is 97.0 Å². The van der Waals surface area contributed by atoms with Crippen molar-refractivity contribution in [1.29, 1.82) is 0 Å². The third-order valence-corrected chi connectivity index (χ3v) is 6.18. The summed E-state index contributed by atoms with van der Waals surface area (Å²) in [7, 11) is 1.52. The molecule has 1 aliphatic rings. The number of ether oxygens (including phenoxy) is 2. The molecule has 9 heteroatoms. The molecule has 0 aromatic heterocycles. The van der Waals surface area contributed by atoms with E-state index in [4.69, 9.17) is 9.47 Å². The summed E-state index contributed by atoms with van der Waals surface area (Å²) in [5.74, 6) is -0.100. The summed E-state index contributed by atoms with van der Waals surface area (Å²) >= 11 is 3.51. The van der Waals surface area contributed by atoms with Crippen LogP contribution in [0.15, 0.2) is 70.8 Å². The molecule has 190 valence electrons. The zero-order valence-corrected chi connectivity index (χ0v) is 22.2. The number of urea groups is 1. The number of nitrogens with one attached hydrogen (secondary N) is 2. The molecule has 8 nitrogen and oxygen atoms in total. The molecular weight excluding hydrogens is 538 g/mol. The lowest BCUT2D eigenvalue weighted by Gasteiger charge is -2.14. The van der Waals surface area contributed by atoms with E-state index in [9.17, 15) is 14.4 Å². The van der Waals surface area contributed by atoms with Crippen LogP contribution in [-0.4, -0.2) is 36.4 Å². The van der Waals surface area contributed by atoms with E-state index in [1.54, 1.807) is 24.3 Å². The van der Waals surface area contributed by atoms with E-state index >= 15 is 0 Å². The van der Waals surface area contributed by atoms with Crippen molar-refractivity contribution in [3.05, 3.63) is 93.1 Å². The zero-order chi connectivity index (χ0) is 26.5. The molecule has 0 bridgehead atoms. The lowest BCUT2D eigenvalue weighted by Crippen LogP contribution is -2.38. The van der Waals surface area contributed by atoms with Gasteiger partial charge in [-0.2, -0.15) is 0 Å². The number of amides is 4. The number of anilines is 1. The van der Waals surface area contributed by atoms with Crippen molar-refractivity contribution in [2.45, 2.75) is 20.5 Å². The van der Waals surface area contributed by atoms with Gasteiger partial charge < -0.3 is 20.1 Å². The number of hydrogen-bond donors (Lipinski definition) is 2. The van der Waals surface area contributed by atoms with E-state index in [0.717, 1.165) is 21.6 Å². The van der Waals surface area contributed by atoms with Gasteiger partial charge >= 0.3 is 6.03 Å². The molecule has 3 aromatic rings. The number of halogens is 1. The molecular formula is C28H26BrN3O5. The van der Waals surface area contributed by atoms with Gasteiger partial charge in [-0.15, -0.1) is 0 Å². The van der Waals surface area contributed by atoms with Gasteiger partial charge in [-0.25, -0.2) is 9.69 Å². The Balaban J connectivity index is 1.47. The van der Waals surface area contributed by atoms with Crippen LogP contribution in [0.3, 0.4) is 0 Å². The molecule has 0 aliphatic carbocycles. The number of aryl methyl sites for hydroxylation is 2. The predicted octanol–water partition coefficient (Wildman–Crippen LogP) is 5.18. The summed E-state index contributed by atoms with van der Waals surface area (Å²) in [6.45, 7) is 3.86. The second-order valence-electron chi connectivity index (χ2n) is 8.61. The fraction of sp³-hybridized carbons (Fsp3) is 0.179. The monoisotopic (exact) mass is 563 g/mol. The maximum atomic E-state index is 12.9. The first-order valence-electron chi connectivity index (χ1n) is 11.5. The normalized spacial score (nSPS) is 14.1.